The van der Waals surface area contributed by atoms with E-state index in [1.165, 1.54) is 4.90 Å². The lowest BCUT2D eigenvalue weighted by atomic mass is 9.76. The predicted molar refractivity (Wildman–Crippen MR) is 120 cm³/mol. The highest BCUT2D eigenvalue weighted by Gasteiger charge is 2.40. The number of fused-ring (bicyclic) bond motifs is 1. The van der Waals surface area contributed by atoms with Crippen molar-refractivity contribution in [3.05, 3.63) is 23.3 Å². The molecular formula is C24H34N4O4. The minimum atomic E-state index is -0.955. The maximum absolute atomic E-state index is 13.4. The van der Waals surface area contributed by atoms with Crippen LogP contribution in [-0.4, -0.2) is 61.0 Å². The summed E-state index contributed by atoms with van der Waals surface area (Å²) in [5.41, 5.74) is 8.07. The van der Waals surface area contributed by atoms with Gasteiger partial charge in [-0.1, -0.05) is 20.8 Å². The van der Waals surface area contributed by atoms with Crippen LogP contribution in [0.25, 0.3) is 0 Å². The Hall–Kier alpha value is -2.79. The number of methoxy groups -OCH3 is 2. The molecular weight excluding hydrogens is 408 g/mol. The van der Waals surface area contributed by atoms with Gasteiger partial charge in [0.1, 0.15) is 6.04 Å². The maximum atomic E-state index is 13.4. The van der Waals surface area contributed by atoms with Crippen LogP contribution in [0.5, 0.6) is 11.5 Å². The highest BCUT2D eigenvalue weighted by atomic mass is 16.5. The van der Waals surface area contributed by atoms with Crippen molar-refractivity contribution in [1.29, 1.82) is 5.26 Å². The summed E-state index contributed by atoms with van der Waals surface area (Å²) in [5, 5.41) is 9.27. The fraction of sp³-hybridized carbons (Fsp3) is 0.625. The molecule has 0 spiro atoms. The van der Waals surface area contributed by atoms with Crippen LogP contribution in [0.4, 0.5) is 0 Å². The highest BCUT2D eigenvalue weighted by Crippen LogP contribution is 2.45. The fourth-order valence-corrected chi connectivity index (χ4v) is 4.92. The number of amides is 2. The second kappa shape index (κ2) is 9.37. The van der Waals surface area contributed by atoms with Crippen molar-refractivity contribution < 1.29 is 19.1 Å². The Balaban J connectivity index is 1.85. The Kier molecular flexibility index (Phi) is 6.99. The van der Waals surface area contributed by atoms with Gasteiger partial charge in [0.25, 0.3) is 0 Å². The van der Waals surface area contributed by atoms with E-state index in [0.29, 0.717) is 37.4 Å². The zero-order chi connectivity index (χ0) is 23.6. The number of carbonyl (C=O) groups excluding carboxylic acids is 2. The SMILES string of the molecule is COc1cc2c(cc1OC)C(C(C)(C)C)N(C(=O)C[C@H](N)C(=O)N1CCC[C@H]1C#N)CC2. The summed E-state index contributed by atoms with van der Waals surface area (Å²) in [6, 6.07) is 4.50. The lowest BCUT2D eigenvalue weighted by Gasteiger charge is -2.45. The van der Waals surface area contributed by atoms with E-state index in [2.05, 4.69) is 26.8 Å². The van der Waals surface area contributed by atoms with Gasteiger partial charge in [0.2, 0.25) is 11.8 Å². The van der Waals surface area contributed by atoms with E-state index in [1.54, 1.807) is 14.2 Å². The molecule has 1 aromatic rings. The van der Waals surface area contributed by atoms with Gasteiger partial charge in [0, 0.05) is 13.1 Å². The molecule has 2 heterocycles. The number of nitrogens with zero attached hydrogens (tertiary/aromatic N) is 3. The summed E-state index contributed by atoms with van der Waals surface area (Å²) in [6.07, 6.45) is 2.04. The van der Waals surface area contributed by atoms with E-state index in [4.69, 9.17) is 15.2 Å². The molecule has 8 nitrogen and oxygen atoms in total. The van der Waals surface area contributed by atoms with Gasteiger partial charge in [-0.15, -0.1) is 0 Å². The molecule has 1 fully saturated rings. The van der Waals surface area contributed by atoms with Crippen molar-refractivity contribution in [3.8, 4) is 17.6 Å². The summed E-state index contributed by atoms with van der Waals surface area (Å²) in [5.74, 6) is 0.819. The van der Waals surface area contributed by atoms with Crippen LogP contribution >= 0.6 is 0 Å². The third-order valence-corrected chi connectivity index (χ3v) is 6.41. The molecule has 0 saturated carbocycles. The predicted octanol–water partition coefficient (Wildman–Crippen LogP) is 2.41. The number of likely N-dealkylation sites (tertiary alicyclic amines) is 1. The molecule has 2 N–H and O–H groups in total. The first-order valence-corrected chi connectivity index (χ1v) is 11.1. The summed E-state index contributed by atoms with van der Waals surface area (Å²) >= 11 is 0. The zero-order valence-corrected chi connectivity index (χ0v) is 19.7. The summed E-state index contributed by atoms with van der Waals surface area (Å²) in [7, 11) is 3.21. The maximum Gasteiger partial charge on any atom is 0.241 e. The smallest absolute Gasteiger partial charge is 0.241 e. The Morgan fingerprint density at radius 2 is 1.84 bits per heavy atom. The molecule has 1 saturated heterocycles. The molecule has 0 aromatic heterocycles. The van der Waals surface area contributed by atoms with Crippen molar-refractivity contribution in [3.63, 3.8) is 0 Å². The van der Waals surface area contributed by atoms with E-state index >= 15 is 0 Å². The average molecular weight is 443 g/mol. The minimum absolute atomic E-state index is 0.0807. The first-order chi connectivity index (χ1) is 15.1. The van der Waals surface area contributed by atoms with E-state index in [9.17, 15) is 14.9 Å². The average Bonchev–Trinajstić information content (AvgIpc) is 3.24. The first kappa shape index (κ1) is 23.9. The van der Waals surface area contributed by atoms with Crippen LogP contribution in [-0.2, 0) is 16.0 Å². The number of carbonyl (C=O) groups is 2. The quantitative estimate of drug-likeness (QED) is 0.750. The summed E-state index contributed by atoms with van der Waals surface area (Å²) in [4.78, 5) is 29.5. The van der Waals surface area contributed by atoms with E-state index in [-0.39, 0.29) is 29.7 Å². The van der Waals surface area contributed by atoms with Gasteiger partial charge in [0.05, 0.1) is 38.8 Å². The van der Waals surface area contributed by atoms with Gasteiger partial charge in [0.15, 0.2) is 11.5 Å². The van der Waals surface area contributed by atoms with E-state index in [1.807, 2.05) is 17.0 Å². The number of hydrogen-bond donors (Lipinski definition) is 1. The molecule has 0 aliphatic carbocycles. The topological polar surface area (TPSA) is 109 Å². The Bertz CT molecular complexity index is 918. The standard InChI is InChI=1S/C24H34N4O4/c1-24(2,3)22-17-12-20(32-5)19(31-4)11-15(17)8-10-28(22)21(29)13-18(26)23(30)27-9-6-7-16(27)14-25/h11-12,16,18,22H,6-10,13,26H2,1-5H3/t16-,18-,22?/m0/s1. The normalized spacial score (nSPS) is 21.5. The Morgan fingerprint density at radius 1 is 1.19 bits per heavy atom. The van der Waals surface area contributed by atoms with Crippen molar-refractivity contribution in [1.82, 2.24) is 9.80 Å². The molecule has 2 aliphatic heterocycles. The number of nitriles is 1. The molecule has 174 valence electrons. The van der Waals surface area contributed by atoms with E-state index in [0.717, 1.165) is 17.5 Å². The van der Waals surface area contributed by atoms with E-state index < -0.39 is 12.1 Å². The number of ether oxygens (including phenoxy) is 2. The van der Waals surface area contributed by atoms with Gasteiger partial charge in [-0.2, -0.15) is 5.26 Å². The van der Waals surface area contributed by atoms with Gasteiger partial charge in [-0.05, 0) is 47.9 Å². The lowest BCUT2D eigenvalue weighted by Crippen LogP contribution is -2.50. The molecule has 3 atom stereocenters. The molecule has 3 rings (SSSR count). The third kappa shape index (κ3) is 4.53. The number of benzene rings is 1. The second-order valence-corrected chi connectivity index (χ2v) is 9.64. The van der Waals surface area contributed by atoms with Gasteiger partial charge in [-0.25, -0.2) is 0 Å². The van der Waals surface area contributed by atoms with Crippen molar-refractivity contribution >= 4 is 11.8 Å². The molecule has 0 radical (unpaired) electrons. The van der Waals surface area contributed by atoms with Crippen molar-refractivity contribution in [2.45, 2.75) is 64.6 Å². The summed E-state index contributed by atoms with van der Waals surface area (Å²) in [6.45, 7) is 7.33. The van der Waals surface area contributed by atoms with Gasteiger partial charge < -0.3 is 25.0 Å². The number of hydrogen-bond acceptors (Lipinski definition) is 6. The molecule has 0 bridgehead atoms. The van der Waals surface area contributed by atoms with Crippen LogP contribution in [0.2, 0.25) is 0 Å². The Labute approximate surface area is 190 Å². The van der Waals surface area contributed by atoms with Crippen LogP contribution in [0.3, 0.4) is 0 Å². The molecule has 1 unspecified atom stereocenters. The summed E-state index contributed by atoms with van der Waals surface area (Å²) < 4.78 is 11.0. The fourth-order valence-electron chi connectivity index (χ4n) is 4.92. The van der Waals surface area contributed by atoms with Crippen LogP contribution in [0, 0.1) is 16.7 Å². The first-order valence-electron chi connectivity index (χ1n) is 11.1. The second-order valence-electron chi connectivity index (χ2n) is 9.64. The molecule has 32 heavy (non-hydrogen) atoms. The van der Waals surface area contributed by atoms with Crippen LogP contribution in [0.1, 0.15) is 57.2 Å². The van der Waals surface area contributed by atoms with Crippen molar-refractivity contribution in [2.24, 2.45) is 11.1 Å². The molecule has 8 heteroatoms. The third-order valence-electron chi connectivity index (χ3n) is 6.41. The lowest BCUT2D eigenvalue weighted by molar-refractivity contribution is -0.141. The van der Waals surface area contributed by atoms with Crippen LogP contribution < -0.4 is 15.2 Å². The van der Waals surface area contributed by atoms with Gasteiger partial charge >= 0.3 is 0 Å². The molecule has 1 aromatic carbocycles. The van der Waals surface area contributed by atoms with Gasteiger partial charge in [-0.3, -0.25) is 9.59 Å². The number of nitrogens with two attached hydrogens (primary N) is 1. The highest BCUT2D eigenvalue weighted by molar-refractivity contribution is 5.89. The Morgan fingerprint density at radius 3 is 2.44 bits per heavy atom. The minimum Gasteiger partial charge on any atom is -0.493 e. The number of rotatable bonds is 5. The zero-order valence-electron chi connectivity index (χ0n) is 19.7. The molecule has 2 amide bonds. The molecule has 2 aliphatic rings. The largest absolute Gasteiger partial charge is 0.493 e. The monoisotopic (exact) mass is 442 g/mol. The van der Waals surface area contributed by atoms with Crippen LogP contribution in [0.15, 0.2) is 12.1 Å². The van der Waals surface area contributed by atoms with Crippen molar-refractivity contribution in [2.75, 3.05) is 27.3 Å².